The lowest BCUT2D eigenvalue weighted by Gasteiger charge is -2.17. The van der Waals surface area contributed by atoms with Crippen LogP contribution < -0.4 is 0 Å². The summed E-state index contributed by atoms with van der Waals surface area (Å²) in [5.74, 6) is -0.579. The maximum absolute atomic E-state index is 11.3. The minimum atomic E-state index is -0.862. The highest BCUT2D eigenvalue weighted by atomic mass is 35.5. The van der Waals surface area contributed by atoms with Gasteiger partial charge in [0.15, 0.2) is 0 Å². The van der Waals surface area contributed by atoms with Gasteiger partial charge in [0.25, 0.3) is 0 Å². The van der Waals surface area contributed by atoms with Crippen molar-refractivity contribution in [2.45, 2.75) is 37.9 Å². The zero-order chi connectivity index (χ0) is 11.0. The molecule has 0 aliphatic heterocycles. The number of alkyl halides is 2. The average molecular weight is 239 g/mol. The SMILES string of the molecule is CC(C)(C)CCOC(=O)C1CC1(Cl)Cl. The van der Waals surface area contributed by atoms with Gasteiger partial charge >= 0.3 is 5.97 Å². The molecular formula is C10H16Cl2O2. The maximum Gasteiger partial charge on any atom is 0.312 e. The van der Waals surface area contributed by atoms with E-state index in [-0.39, 0.29) is 17.3 Å². The summed E-state index contributed by atoms with van der Waals surface area (Å²) in [4.78, 5) is 11.3. The number of carbonyl (C=O) groups excluding carboxylic acids is 1. The lowest BCUT2D eigenvalue weighted by molar-refractivity contribution is -0.145. The Hall–Kier alpha value is 0.0500. The van der Waals surface area contributed by atoms with Gasteiger partial charge in [-0.2, -0.15) is 0 Å². The topological polar surface area (TPSA) is 26.3 Å². The number of hydrogen-bond donors (Lipinski definition) is 0. The van der Waals surface area contributed by atoms with Crippen LogP contribution in [0.5, 0.6) is 0 Å². The number of ether oxygens (including phenoxy) is 1. The van der Waals surface area contributed by atoms with Crippen LogP contribution in [0.2, 0.25) is 0 Å². The first kappa shape index (κ1) is 12.1. The zero-order valence-corrected chi connectivity index (χ0v) is 10.3. The van der Waals surface area contributed by atoms with E-state index < -0.39 is 4.33 Å². The second-order valence-electron chi connectivity index (χ2n) is 5.00. The summed E-state index contributed by atoms with van der Waals surface area (Å²) in [6.07, 6.45) is 1.37. The number of esters is 1. The van der Waals surface area contributed by atoms with E-state index in [1.54, 1.807) is 0 Å². The molecule has 0 bridgehead atoms. The Morgan fingerprint density at radius 1 is 1.50 bits per heavy atom. The molecule has 82 valence electrons. The highest BCUT2D eigenvalue weighted by Gasteiger charge is 2.57. The number of hydrogen-bond acceptors (Lipinski definition) is 2. The van der Waals surface area contributed by atoms with Gasteiger partial charge < -0.3 is 4.74 Å². The van der Waals surface area contributed by atoms with Crippen LogP contribution >= 0.6 is 23.2 Å². The molecule has 14 heavy (non-hydrogen) atoms. The number of rotatable bonds is 3. The van der Waals surface area contributed by atoms with Crippen molar-refractivity contribution in [2.24, 2.45) is 11.3 Å². The van der Waals surface area contributed by atoms with E-state index in [1.165, 1.54) is 0 Å². The Morgan fingerprint density at radius 2 is 2.00 bits per heavy atom. The summed E-state index contributed by atoms with van der Waals surface area (Å²) in [6, 6.07) is 0. The molecule has 0 aromatic heterocycles. The second-order valence-corrected chi connectivity index (χ2v) is 6.54. The molecule has 4 heteroatoms. The van der Waals surface area contributed by atoms with Crippen LogP contribution in [0.3, 0.4) is 0 Å². The monoisotopic (exact) mass is 238 g/mol. The van der Waals surface area contributed by atoms with E-state index in [2.05, 4.69) is 20.8 Å². The third-order valence-corrected chi connectivity index (χ3v) is 3.04. The minimum Gasteiger partial charge on any atom is -0.465 e. The molecule has 0 radical (unpaired) electrons. The predicted molar refractivity (Wildman–Crippen MR) is 57.6 cm³/mol. The lowest BCUT2D eigenvalue weighted by Crippen LogP contribution is -2.15. The molecule has 1 rings (SSSR count). The van der Waals surface area contributed by atoms with Crippen LogP contribution in [0.25, 0.3) is 0 Å². The molecule has 1 aliphatic rings. The fraction of sp³-hybridized carbons (Fsp3) is 0.900. The standard InChI is InChI=1S/C10H16Cl2O2/c1-9(2,3)4-5-14-8(13)7-6-10(7,11)12/h7H,4-6H2,1-3H3. The summed E-state index contributed by atoms with van der Waals surface area (Å²) in [5.41, 5.74) is 0.183. The van der Waals surface area contributed by atoms with Crippen LogP contribution in [0.4, 0.5) is 0 Å². The first-order chi connectivity index (χ1) is 6.22. The van der Waals surface area contributed by atoms with Crippen LogP contribution in [0.15, 0.2) is 0 Å². The van der Waals surface area contributed by atoms with Crippen molar-refractivity contribution in [3.05, 3.63) is 0 Å². The molecule has 0 saturated heterocycles. The molecule has 0 aromatic rings. The Bertz CT molecular complexity index is 231. The van der Waals surface area contributed by atoms with Gasteiger partial charge in [0.1, 0.15) is 4.33 Å². The van der Waals surface area contributed by atoms with E-state index in [4.69, 9.17) is 27.9 Å². The van der Waals surface area contributed by atoms with Gasteiger partial charge in [-0.05, 0) is 18.3 Å². The van der Waals surface area contributed by atoms with Gasteiger partial charge in [-0.3, -0.25) is 4.79 Å². The van der Waals surface area contributed by atoms with Crippen molar-refractivity contribution in [3.8, 4) is 0 Å². The van der Waals surface area contributed by atoms with E-state index in [9.17, 15) is 4.79 Å². The van der Waals surface area contributed by atoms with Gasteiger partial charge in [-0.25, -0.2) is 0 Å². The molecular weight excluding hydrogens is 223 g/mol. The van der Waals surface area contributed by atoms with Gasteiger partial charge in [-0.1, -0.05) is 20.8 Å². The molecule has 1 saturated carbocycles. The molecule has 0 N–H and O–H groups in total. The van der Waals surface area contributed by atoms with Crippen molar-refractivity contribution >= 4 is 29.2 Å². The average Bonchev–Trinajstić information content (AvgIpc) is 2.57. The van der Waals surface area contributed by atoms with Crippen LogP contribution in [-0.2, 0) is 9.53 Å². The summed E-state index contributed by atoms with van der Waals surface area (Å²) in [7, 11) is 0. The summed E-state index contributed by atoms with van der Waals surface area (Å²) in [6.45, 7) is 6.75. The molecule has 1 aliphatic carbocycles. The van der Waals surface area contributed by atoms with Crippen LogP contribution in [0, 0.1) is 11.3 Å². The first-order valence-electron chi connectivity index (χ1n) is 4.77. The van der Waals surface area contributed by atoms with Crippen molar-refractivity contribution in [3.63, 3.8) is 0 Å². The zero-order valence-electron chi connectivity index (χ0n) is 8.77. The van der Waals surface area contributed by atoms with Crippen molar-refractivity contribution in [2.75, 3.05) is 6.61 Å². The van der Waals surface area contributed by atoms with E-state index in [0.717, 1.165) is 6.42 Å². The Labute approximate surface area is 94.9 Å². The molecule has 1 unspecified atom stereocenters. The van der Waals surface area contributed by atoms with Gasteiger partial charge in [0.2, 0.25) is 0 Å². The molecule has 0 amide bonds. The van der Waals surface area contributed by atoms with Crippen LogP contribution in [-0.4, -0.2) is 16.9 Å². The molecule has 0 spiro atoms. The Kier molecular flexibility index (Phi) is 3.37. The third-order valence-electron chi connectivity index (χ3n) is 2.21. The maximum atomic E-state index is 11.3. The van der Waals surface area contributed by atoms with Crippen molar-refractivity contribution in [1.29, 1.82) is 0 Å². The lowest BCUT2D eigenvalue weighted by atomic mass is 9.93. The van der Waals surface area contributed by atoms with Gasteiger partial charge in [0, 0.05) is 0 Å². The fourth-order valence-corrected chi connectivity index (χ4v) is 1.51. The van der Waals surface area contributed by atoms with E-state index in [1.807, 2.05) is 0 Å². The highest BCUT2D eigenvalue weighted by molar-refractivity contribution is 6.52. The quantitative estimate of drug-likeness (QED) is 0.558. The molecule has 0 aromatic carbocycles. The minimum absolute atomic E-state index is 0.183. The summed E-state index contributed by atoms with van der Waals surface area (Å²) < 4.78 is 4.21. The first-order valence-corrected chi connectivity index (χ1v) is 5.52. The van der Waals surface area contributed by atoms with Crippen molar-refractivity contribution < 1.29 is 9.53 Å². The normalized spacial score (nSPS) is 24.5. The van der Waals surface area contributed by atoms with E-state index >= 15 is 0 Å². The van der Waals surface area contributed by atoms with Gasteiger partial charge in [-0.15, -0.1) is 23.2 Å². The Morgan fingerprint density at radius 3 is 2.36 bits per heavy atom. The van der Waals surface area contributed by atoms with E-state index in [0.29, 0.717) is 13.0 Å². The predicted octanol–water partition coefficient (Wildman–Crippen LogP) is 3.16. The second kappa shape index (κ2) is 3.90. The summed E-state index contributed by atoms with van der Waals surface area (Å²) in [5, 5.41) is 0. The highest BCUT2D eigenvalue weighted by Crippen LogP contribution is 2.53. The van der Waals surface area contributed by atoms with Crippen LogP contribution in [0.1, 0.15) is 33.6 Å². The summed E-state index contributed by atoms with van der Waals surface area (Å²) >= 11 is 11.5. The molecule has 0 heterocycles. The molecule has 1 fully saturated rings. The molecule has 1 atom stereocenters. The fourth-order valence-electron chi connectivity index (χ4n) is 1.03. The number of carbonyl (C=O) groups is 1. The van der Waals surface area contributed by atoms with Gasteiger partial charge in [0.05, 0.1) is 12.5 Å². The smallest absolute Gasteiger partial charge is 0.312 e. The largest absolute Gasteiger partial charge is 0.465 e. The Balaban J connectivity index is 2.18. The molecule has 2 nitrogen and oxygen atoms in total. The third kappa shape index (κ3) is 3.66. The number of halogens is 2. The van der Waals surface area contributed by atoms with Crippen molar-refractivity contribution in [1.82, 2.24) is 0 Å².